The number of ether oxygens (including phenoxy) is 3. The molecule has 3 rings (SSSR count). The Bertz CT molecular complexity index is 954. The summed E-state index contributed by atoms with van der Waals surface area (Å²) in [5, 5.41) is 0.641. The fourth-order valence-electron chi connectivity index (χ4n) is 3.12. The van der Waals surface area contributed by atoms with Crippen LogP contribution in [0.2, 0.25) is 0 Å². The second-order valence-corrected chi connectivity index (χ2v) is 7.40. The number of carbonyl (C=O) groups is 2. The van der Waals surface area contributed by atoms with Crippen molar-refractivity contribution in [1.82, 2.24) is 0 Å². The predicted octanol–water partition coefficient (Wildman–Crippen LogP) is 3.14. The molecule has 0 aliphatic carbocycles. The molecular formula is C20H22O7. The summed E-state index contributed by atoms with van der Waals surface area (Å²) in [5.41, 5.74) is -0.896. The van der Waals surface area contributed by atoms with Crippen molar-refractivity contribution in [2.75, 3.05) is 0 Å². The lowest BCUT2D eigenvalue weighted by atomic mass is 9.87. The Hall–Kier alpha value is -2.83. The van der Waals surface area contributed by atoms with Crippen LogP contribution in [0.4, 0.5) is 0 Å². The first-order valence-corrected chi connectivity index (χ1v) is 8.73. The molecule has 0 unspecified atom stereocenters. The summed E-state index contributed by atoms with van der Waals surface area (Å²) in [4.78, 5) is 35.8. The lowest BCUT2D eigenvalue weighted by molar-refractivity contribution is -0.191. The number of rotatable bonds is 3. The van der Waals surface area contributed by atoms with Crippen LogP contribution in [-0.4, -0.2) is 23.6 Å². The van der Waals surface area contributed by atoms with Crippen molar-refractivity contribution >= 4 is 22.9 Å². The third-order valence-corrected chi connectivity index (χ3v) is 4.41. The molecule has 0 saturated carbocycles. The predicted molar refractivity (Wildman–Crippen MR) is 96.4 cm³/mol. The third kappa shape index (κ3) is 3.54. The van der Waals surface area contributed by atoms with Crippen molar-refractivity contribution in [2.45, 2.75) is 52.4 Å². The Morgan fingerprint density at radius 2 is 1.78 bits per heavy atom. The molecule has 27 heavy (non-hydrogen) atoms. The molecular weight excluding hydrogens is 352 g/mol. The molecule has 7 heteroatoms. The van der Waals surface area contributed by atoms with Gasteiger partial charge in [-0.3, -0.25) is 9.59 Å². The summed E-state index contributed by atoms with van der Waals surface area (Å²) in [6.45, 7) is 8.18. The second-order valence-electron chi connectivity index (χ2n) is 7.40. The number of fused-ring (bicyclic) bond motifs is 3. The van der Waals surface area contributed by atoms with Gasteiger partial charge >= 0.3 is 17.6 Å². The van der Waals surface area contributed by atoms with Gasteiger partial charge in [0.25, 0.3) is 0 Å². The number of benzene rings is 1. The Balaban J connectivity index is 2.23. The first-order valence-electron chi connectivity index (χ1n) is 8.73. The number of hydrogen-bond donors (Lipinski definition) is 0. The highest BCUT2D eigenvalue weighted by atomic mass is 16.6. The largest absolute Gasteiger partial charge is 0.483 e. The zero-order valence-corrected chi connectivity index (χ0v) is 15.9. The molecule has 0 fully saturated rings. The van der Waals surface area contributed by atoms with E-state index in [4.69, 9.17) is 18.6 Å². The van der Waals surface area contributed by atoms with Gasteiger partial charge in [0.05, 0.1) is 11.5 Å². The standard InChI is InChI=1S/C20H22O7/c1-10(2)19(23)26-18-17(24-11(3)21)15-13(27-20(18,4)5)8-6-12-7-9-14(22)25-16(12)15/h6-10,17-18H,1-5H3/t17-,18-/m0/s1. The van der Waals surface area contributed by atoms with E-state index in [1.54, 1.807) is 45.9 Å². The van der Waals surface area contributed by atoms with Gasteiger partial charge in [0.15, 0.2) is 12.2 Å². The highest BCUT2D eigenvalue weighted by molar-refractivity contribution is 5.83. The summed E-state index contributed by atoms with van der Waals surface area (Å²) in [5.74, 6) is -0.959. The van der Waals surface area contributed by atoms with Crippen LogP contribution in [0.1, 0.15) is 46.3 Å². The smallest absolute Gasteiger partial charge is 0.336 e. The van der Waals surface area contributed by atoms with Crippen molar-refractivity contribution in [3.63, 3.8) is 0 Å². The molecule has 1 aromatic heterocycles. The minimum absolute atomic E-state index is 0.243. The molecule has 144 valence electrons. The number of carbonyl (C=O) groups excluding carboxylic acids is 2. The lowest BCUT2D eigenvalue weighted by Gasteiger charge is -2.43. The van der Waals surface area contributed by atoms with Crippen LogP contribution in [0.25, 0.3) is 11.0 Å². The summed E-state index contributed by atoms with van der Waals surface area (Å²) in [6.07, 6.45) is -1.89. The SMILES string of the molecule is CC(=O)O[C@H]1c2c(ccc3ccc(=O)oc23)OC(C)(C)[C@H]1OC(=O)C(C)C. The minimum atomic E-state index is -0.974. The van der Waals surface area contributed by atoms with Gasteiger partial charge in [0.2, 0.25) is 0 Å². The zero-order valence-electron chi connectivity index (χ0n) is 15.9. The van der Waals surface area contributed by atoms with E-state index in [1.165, 1.54) is 13.0 Å². The van der Waals surface area contributed by atoms with Gasteiger partial charge in [-0.05, 0) is 32.0 Å². The van der Waals surface area contributed by atoms with Crippen molar-refractivity contribution < 1.29 is 28.2 Å². The summed E-state index contributed by atoms with van der Waals surface area (Å²) >= 11 is 0. The van der Waals surface area contributed by atoms with E-state index in [2.05, 4.69) is 0 Å². The molecule has 0 saturated heterocycles. The monoisotopic (exact) mass is 374 g/mol. The molecule has 2 heterocycles. The van der Waals surface area contributed by atoms with Gasteiger partial charge in [0, 0.05) is 18.4 Å². The first kappa shape index (κ1) is 18.9. The average molecular weight is 374 g/mol. The molecule has 0 bridgehead atoms. The third-order valence-electron chi connectivity index (χ3n) is 4.41. The van der Waals surface area contributed by atoms with Crippen molar-refractivity contribution in [2.24, 2.45) is 5.92 Å². The van der Waals surface area contributed by atoms with E-state index in [-0.39, 0.29) is 11.5 Å². The van der Waals surface area contributed by atoms with Crippen LogP contribution in [-0.2, 0) is 19.1 Å². The van der Waals surface area contributed by atoms with E-state index in [0.29, 0.717) is 16.7 Å². The zero-order chi connectivity index (χ0) is 19.9. The van der Waals surface area contributed by atoms with Crippen molar-refractivity contribution in [3.05, 3.63) is 40.2 Å². The molecule has 1 aliphatic heterocycles. The van der Waals surface area contributed by atoms with Gasteiger partial charge < -0.3 is 18.6 Å². The van der Waals surface area contributed by atoms with E-state index in [0.717, 1.165) is 0 Å². The van der Waals surface area contributed by atoms with E-state index < -0.39 is 35.4 Å². The Morgan fingerprint density at radius 1 is 1.11 bits per heavy atom. The van der Waals surface area contributed by atoms with Gasteiger partial charge in [-0.25, -0.2) is 4.79 Å². The van der Waals surface area contributed by atoms with Crippen LogP contribution in [0.5, 0.6) is 5.75 Å². The van der Waals surface area contributed by atoms with Crippen LogP contribution >= 0.6 is 0 Å². The average Bonchev–Trinajstić information content (AvgIpc) is 2.56. The van der Waals surface area contributed by atoms with Crippen molar-refractivity contribution in [1.29, 1.82) is 0 Å². The Kier molecular flexibility index (Phi) is 4.71. The molecule has 0 amide bonds. The molecule has 2 aromatic rings. The molecule has 0 spiro atoms. The maximum absolute atomic E-state index is 12.3. The molecule has 0 radical (unpaired) electrons. The maximum atomic E-state index is 12.3. The normalized spacial score (nSPS) is 20.7. The van der Waals surface area contributed by atoms with Crippen LogP contribution in [0, 0.1) is 5.92 Å². The van der Waals surface area contributed by atoms with Crippen LogP contribution in [0.15, 0.2) is 33.5 Å². The molecule has 2 atom stereocenters. The maximum Gasteiger partial charge on any atom is 0.336 e. The lowest BCUT2D eigenvalue weighted by Crippen LogP contribution is -2.52. The molecule has 7 nitrogen and oxygen atoms in total. The summed E-state index contributed by atoms with van der Waals surface area (Å²) in [7, 11) is 0. The molecule has 1 aliphatic rings. The molecule has 0 N–H and O–H groups in total. The summed E-state index contributed by atoms with van der Waals surface area (Å²) in [6, 6.07) is 6.38. The van der Waals surface area contributed by atoms with Crippen LogP contribution < -0.4 is 10.4 Å². The van der Waals surface area contributed by atoms with Gasteiger partial charge in [-0.15, -0.1) is 0 Å². The van der Waals surface area contributed by atoms with Crippen molar-refractivity contribution in [3.8, 4) is 5.75 Å². The Labute approximate surface area is 156 Å². The van der Waals surface area contributed by atoms with Gasteiger partial charge in [-0.1, -0.05) is 13.8 Å². The Morgan fingerprint density at radius 3 is 2.41 bits per heavy atom. The fourth-order valence-corrected chi connectivity index (χ4v) is 3.12. The highest BCUT2D eigenvalue weighted by Gasteiger charge is 2.50. The quantitative estimate of drug-likeness (QED) is 0.602. The number of hydrogen-bond acceptors (Lipinski definition) is 7. The highest BCUT2D eigenvalue weighted by Crippen LogP contribution is 2.46. The van der Waals surface area contributed by atoms with E-state index in [9.17, 15) is 14.4 Å². The fraction of sp³-hybridized carbons (Fsp3) is 0.450. The summed E-state index contributed by atoms with van der Waals surface area (Å²) < 4.78 is 22.6. The second kappa shape index (κ2) is 6.72. The van der Waals surface area contributed by atoms with Crippen LogP contribution in [0.3, 0.4) is 0 Å². The molecule has 1 aromatic carbocycles. The number of esters is 2. The van der Waals surface area contributed by atoms with E-state index in [1.807, 2.05) is 0 Å². The first-order chi connectivity index (χ1) is 12.6. The topological polar surface area (TPSA) is 92.0 Å². The van der Waals surface area contributed by atoms with E-state index >= 15 is 0 Å². The minimum Gasteiger partial charge on any atom is -0.483 e. The van der Waals surface area contributed by atoms with Gasteiger partial charge in [0.1, 0.15) is 16.9 Å². The van der Waals surface area contributed by atoms with Gasteiger partial charge in [-0.2, -0.15) is 0 Å².